The van der Waals surface area contributed by atoms with Crippen LogP contribution in [0.5, 0.6) is 0 Å². The Morgan fingerprint density at radius 1 is 1.33 bits per heavy atom. The monoisotopic (exact) mass is 407 g/mol. The van der Waals surface area contributed by atoms with Gasteiger partial charge in [0.1, 0.15) is 6.17 Å². The molecule has 1 saturated heterocycles. The number of aliphatic hydroxyl groups is 2. The van der Waals surface area contributed by atoms with Crippen molar-refractivity contribution >= 4 is 16.1 Å². The summed E-state index contributed by atoms with van der Waals surface area (Å²) in [5, 5.41) is 23.7. The van der Waals surface area contributed by atoms with E-state index in [1.165, 1.54) is 0 Å². The summed E-state index contributed by atoms with van der Waals surface area (Å²) in [5.74, 6) is -1.05. The number of hydrogen-bond donors (Lipinski definition) is 4. The Hall–Kier alpha value is -0.810. The van der Waals surface area contributed by atoms with Gasteiger partial charge in [-0.25, -0.2) is 9.11 Å². The molecule has 0 radical (unpaired) electrons. The third kappa shape index (κ3) is 4.61. The lowest BCUT2D eigenvalue weighted by Crippen LogP contribution is -2.59. The Morgan fingerprint density at radius 2 is 2.04 bits per heavy atom. The van der Waals surface area contributed by atoms with Gasteiger partial charge in [0.25, 0.3) is 0 Å². The molecular weight excluding hydrogens is 377 g/mol. The summed E-state index contributed by atoms with van der Waals surface area (Å²) < 4.78 is 42.0. The first kappa shape index (κ1) is 20.9. The lowest BCUT2D eigenvalue weighted by molar-refractivity contribution is -0.119. The first-order valence-electron chi connectivity index (χ1n) is 9.58. The zero-order valence-corrected chi connectivity index (χ0v) is 16.6. The zero-order valence-electron chi connectivity index (χ0n) is 15.8. The van der Waals surface area contributed by atoms with Gasteiger partial charge in [0.05, 0.1) is 24.3 Å². The van der Waals surface area contributed by atoms with Crippen molar-refractivity contribution in [2.24, 2.45) is 11.8 Å². The molecule has 10 heteroatoms. The van der Waals surface area contributed by atoms with Crippen LogP contribution in [0.1, 0.15) is 46.0 Å². The number of alkyl halides is 1. The highest BCUT2D eigenvalue weighted by Crippen LogP contribution is 2.44. The number of nitrogens with one attached hydrogen (secondary N) is 2. The molecule has 3 fully saturated rings. The Bertz CT molecular complexity index is 668. The topological polar surface area (TPSA) is 119 Å². The van der Waals surface area contributed by atoms with Gasteiger partial charge in [0, 0.05) is 6.04 Å². The van der Waals surface area contributed by atoms with E-state index in [0.29, 0.717) is 32.2 Å². The van der Waals surface area contributed by atoms with E-state index in [1.54, 1.807) is 13.8 Å². The SMILES string of the molecule is CC(C)(O)CCNC1CCC2C(C1)CC(O)C(N1CC(=O)NS1(=O)=O)C2F. The Morgan fingerprint density at radius 3 is 2.63 bits per heavy atom. The maximum atomic E-state index is 15.2. The van der Waals surface area contributed by atoms with Crippen molar-refractivity contribution in [3.8, 4) is 0 Å². The molecule has 2 saturated carbocycles. The molecular formula is C17H30FN3O5S. The van der Waals surface area contributed by atoms with E-state index in [1.807, 2.05) is 4.72 Å². The van der Waals surface area contributed by atoms with Gasteiger partial charge >= 0.3 is 10.2 Å². The zero-order chi connectivity index (χ0) is 20.0. The van der Waals surface area contributed by atoms with Crippen LogP contribution in [-0.2, 0) is 15.0 Å². The van der Waals surface area contributed by atoms with Crippen LogP contribution in [0.2, 0.25) is 0 Å². The fraction of sp³-hybridized carbons (Fsp3) is 0.941. The molecule has 0 aromatic rings. The van der Waals surface area contributed by atoms with Crippen molar-refractivity contribution in [3.63, 3.8) is 0 Å². The van der Waals surface area contributed by atoms with Gasteiger partial charge in [-0.15, -0.1) is 0 Å². The number of nitrogens with zero attached hydrogens (tertiary/aromatic N) is 1. The third-order valence-electron chi connectivity index (χ3n) is 6.07. The molecule has 1 heterocycles. The normalized spacial score (nSPS) is 39.8. The molecule has 1 amide bonds. The molecule has 0 aromatic carbocycles. The standard InChI is InChI=1S/C17H30FN3O5S/c1-17(2,24)5-6-19-11-3-4-12-10(7-11)8-13(22)16(15(12)18)21-9-14(23)20-27(21,25)26/h10-13,15-16,19,22,24H,3-9H2,1-2H3,(H,20,23). The second-order valence-corrected chi connectivity index (χ2v) is 10.4. The van der Waals surface area contributed by atoms with Gasteiger partial charge in [-0.2, -0.15) is 12.7 Å². The summed E-state index contributed by atoms with van der Waals surface area (Å²) >= 11 is 0. The first-order valence-corrected chi connectivity index (χ1v) is 11.0. The summed E-state index contributed by atoms with van der Waals surface area (Å²) in [6, 6.07) is -1.02. The second kappa shape index (κ2) is 7.55. The van der Waals surface area contributed by atoms with E-state index in [0.717, 1.165) is 10.7 Å². The van der Waals surface area contributed by atoms with Crippen LogP contribution in [0, 0.1) is 11.8 Å². The summed E-state index contributed by atoms with van der Waals surface area (Å²) in [4.78, 5) is 11.5. The number of carbonyl (C=O) groups is 1. The van der Waals surface area contributed by atoms with Gasteiger partial charge in [0.2, 0.25) is 5.91 Å². The van der Waals surface area contributed by atoms with Gasteiger partial charge in [-0.1, -0.05) is 0 Å². The maximum absolute atomic E-state index is 15.2. The number of fused-ring (bicyclic) bond motifs is 1. The fourth-order valence-corrected chi connectivity index (χ4v) is 6.07. The minimum Gasteiger partial charge on any atom is -0.391 e. The molecule has 27 heavy (non-hydrogen) atoms. The van der Waals surface area contributed by atoms with E-state index in [4.69, 9.17) is 0 Å². The molecule has 6 atom stereocenters. The van der Waals surface area contributed by atoms with Crippen molar-refractivity contribution in [2.45, 2.75) is 75.9 Å². The molecule has 2 aliphatic carbocycles. The van der Waals surface area contributed by atoms with Gasteiger partial charge in [-0.05, 0) is 64.3 Å². The number of rotatable bonds is 5. The van der Waals surface area contributed by atoms with E-state index < -0.39 is 46.6 Å². The largest absolute Gasteiger partial charge is 0.391 e. The molecule has 3 aliphatic rings. The Balaban J connectivity index is 1.62. The summed E-state index contributed by atoms with van der Waals surface area (Å²) in [6.07, 6.45) is 0.369. The Kier molecular flexibility index (Phi) is 5.85. The average Bonchev–Trinajstić information content (AvgIpc) is 2.78. The van der Waals surface area contributed by atoms with Crippen molar-refractivity contribution in [1.29, 1.82) is 0 Å². The minimum absolute atomic E-state index is 0.0337. The quantitative estimate of drug-likeness (QED) is 0.496. The number of hydrogen-bond acceptors (Lipinski definition) is 6. The minimum atomic E-state index is -4.08. The smallest absolute Gasteiger partial charge is 0.304 e. The highest BCUT2D eigenvalue weighted by molar-refractivity contribution is 7.88. The molecule has 3 rings (SSSR count). The number of aliphatic hydroxyl groups excluding tert-OH is 1. The molecule has 4 N–H and O–H groups in total. The van der Waals surface area contributed by atoms with Crippen LogP contribution in [0.3, 0.4) is 0 Å². The van der Waals surface area contributed by atoms with Gasteiger partial charge < -0.3 is 15.5 Å². The summed E-state index contributed by atoms with van der Waals surface area (Å²) in [6.45, 7) is 3.73. The average molecular weight is 408 g/mol. The molecule has 0 aromatic heterocycles. The van der Waals surface area contributed by atoms with Crippen LogP contribution in [0.15, 0.2) is 0 Å². The third-order valence-corrected chi connectivity index (χ3v) is 7.54. The van der Waals surface area contributed by atoms with E-state index in [-0.39, 0.29) is 17.9 Å². The predicted molar refractivity (Wildman–Crippen MR) is 96.6 cm³/mol. The summed E-state index contributed by atoms with van der Waals surface area (Å²) in [5.41, 5.74) is -0.741. The Labute approximate surface area is 159 Å². The predicted octanol–water partition coefficient (Wildman–Crippen LogP) is -0.330. The van der Waals surface area contributed by atoms with Crippen molar-refractivity contribution in [2.75, 3.05) is 13.1 Å². The number of carbonyl (C=O) groups excluding carboxylic acids is 1. The highest BCUT2D eigenvalue weighted by Gasteiger charge is 2.53. The van der Waals surface area contributed by atoms with E-state index in [2.05, 4.69) is 5.32 Å². The second-order valence-electron chi connectivity index (χ2n) is 8.76. The first-order chi connectivity index (χ1) is 12.5. The van der Waals surface area contributed by atoms with Crippen LogP contribution < -0.4 is 10.0 Å². The van der Waals surface area contributed by atoms with Gasteiger partial charge in [-0.3, -0.25) is 4.79 Å². The molecule has 0 spiro atoms. The van der Waals surface area contributed by atoms with Crippen molar-refractivity contribution in [3.05, 3.63) is 0 Å². The van der Waals surface area contributed by atoms with Gasteiger partial charge in [0.15, 0.2) is 0 Å². The van der Waals surface area contributed by atoms with Crippen LogP contribution >= 0.6 is 0 Å². The van der Waals surface area contributed by atoms with E-state index in [9.17, 15) is 23.4 Å². The van der Waals surface area contributed by atoms with Crippen molar-refractivity contribution in [1.82, 2.24) is 14.3 Å². The molecule has 0 bridgehead atoms. The van der Waals surface area contributed by atoms with Crippen LogP contribution in [0.4, 0.5) is 4.39 Å². The van der Waals surface area contributed by atoms with Crippen LogP contribution in [0.25, 0.3) is 0 Å². The highest BCUT2D eigenvalue weighted by atomic mass is 32.2. The van der Waals surface area contributed by atoms with Crippen LogP contribution in [-0.4, -0.2) is 71.9 Å². The lowest BCUT2D eigenvalue weighted by atomic mass is 9.66. The molecule has 6 unspecified atom stereocenters. The van der Waals surface area contributed by atoms with E-state index >= 15 is 4.39 Å². The molecule has 8 nitrogen and oxygen atoms in total. The number of amides is 1. The fourth-order valence-electron chi connectivity index (χ4n) is 4.74. The molecule has 1 aliphatic heterocycles. The number of halogens is 1. The molecule has 156 valence electrons. The van der Waals surface area contributed by atoms with Crippen molar-refractivity contribution < 1.29 is 27.8 Å². The maximum Gasteiger partial charge on any atom is 0.304 e. The lowest BCUT2D eigenvalue weighted by Gasteiger charge is -2.48. The summed E-state index contributed by atoms with van der Waals surface area (Å²) in [7, 11) is -4.08.